The lowest BCUT2D eigenvalue weighted by Gasteiger charge is -2.01. The number of carbonyl (C=O) groups is 1. The maximum Gasteiger partial charge on any atom is 0.259 e. The summed E-state index contributed by atoms with van der Waals surface area (Å²) in [7, 11) is 0. The second kappa shape index (κ2) is 5.50. The number of nitrogens with zero attached hydrogens (tertiary/aromatic N) is 3. The number of aromatic amines is 1. The van der Waals surface area contributed by atoms with Crippen LogP contribution in [0.25, 0.3) is 28.2 Å². The minimum Gasteiger partial charge on any atom is -0.365 e. The maximum atomic E-state index is 11.2. The zero-order valence-corrected chi connectivity index (χ0v) is 11.4. The van der Waals surface area contributed by atoms with Crippen LogP contribution in [0.4, 0.5) is 0 Å². The number of nitrogens with two attached hydrogens (primary N) is 1. The summed E-state index contributed by atoms with van der Waals surface area (Å²) in [4.78, 5) is 22.6. The third kappa shape index (κ3) is 2.43. The largest absolute Gasteiger partial charge is 0.365 e. The van der Waals surface area contributed by atoms with Crippen molar-refractivity contribution in [2.45, 2.75) is 0 Å². The number of aromatic nitrogens is 3. The van der Waals surface area contributed by atoms with E-state index >= 15 is 0 Å². The number of pyridine rings is 2. The molecular weight excluding hydrogens is 278 g/mol. The fourth-order valence-corrected chi connectivity index (χ4v) is 2.15. The van der Waals surface area contributed by atoms with E-state index in [2.05, 4.69) is 15.0 Å². The molecule has 0 saturated heterocycles. The van der Waals surface area contributed by atoms with Crippen LogP contribution in [-0.4, -0.2) is 20.9 Å². The van der Waals surface area contributed by atoms with Gasteiger partial charge < -0.3 is 10.7 Å². The Morgan fingerprint density at radius 3 is 2.91 bits per heavy atom. The van der Waals surface area contributed by atoms with Crippen LogP contribution in [0.1, 0.15) is 5.56 Å². The number of hydrogen-bond acceptors (Lipinski definition) is 4. The monoisotopic (exact) mass is 289 g/mol. The molecule has 0 spiro atoms. The number of fused-ring (bicyclic) bond motifs is 1. The Kier molecular flexibility index (Phi) is 3.38. The average molecular weight is 289 g/mol. The van der Waals surface area contributed by atoms with Crippen LogP contribution in [0.2, 0.25) is 0 Å². The van der Waals surface area contributed by atoms with Crippen molar-refractivity contribution in [1.82, 2.24) is 15.0 Å². The molecule has 6 heteroatoms. The number of primary amides is 1. The second-order valence-electron chi connectivity index (χ2n) is 4.64. The summed E-state index contributed by atoms with van der Waals surface area (Å²) in [5.74, 6) is -0.756. The Hall–Kier alpha value is -3.46. The first-order chi connectivity index (χ1) is 10.7. The molecule has 3 heterocycles. The summed E-state index contributed by atoms with van der Waals surface area (Å²) < 4.78 is 0. The van der Waals surface area contributed by atoms with Gasteiger partial charge in [0.25, 0.3) is 5.91 Å². The van der Waals surface area contributed by atoms with Crippen LogP contribution >= 0.6 is 0 Å². The van der Waals surface area contributed by atoms with Crippen LogP contribution in [0.15, 0.2) is 48.6 Å². The second-order valence-corrected chi connectivity index (χ2v) is 4.64. The molecular formula is C16H11N5O. The van der Waals surface area contributed by atoms with Gasteiger partial charge in [-0.25, -0.2) is 4.98 Å². The Morgan fingerprint density at radius 1 is 1.36 bits per heavy atom. The highest BCUT2D eigenvalue weighted by Gasteiger charge is 2.09. The number of hydrogen-bond donors (Lipinski definition) is 2. The first-order valence-corrected chi connectivity index (χ1v) is 6.48. The Bertz CT molecular complexity index is 919. The fraction of sp³-hybridized carbons (Fsp3) is 0. The van der Waals surface area contributed by atoms with Gasteiger partial charge in [-0.15, -0.1) is 0 Å². The van der Waals surface area contributed by atoms with Crippen LogP contribution in [0.3, 0.4) is 0 Å². The van der Waals surface area contributed by atoms with E-state index in [0.29, 0.717) is 11.2 Å². The van der Waals surface area contributed by atoms with Crippen LogP contribution < -0.4 is 5.73 Å². The molecule has 0 bridgehead atoms. The highest BCUT2D eigenvalue weighted by Crippen LogP contribution is 2.25. The van der Waals surface area contributed by atoms with Gasteiger partial charge in [-0.2, -0.15) is 5.26 Å². The molecule has 0 atom stereocenters. The molecule has 3 N–H and O–H groups in total. The first kappa shape index (κ1) is 13.5. The van der Waals surface area contributed by atoms with E-state index < -0.39 is 5.91 Å². The normalized spacial score (nSPS) is 11.3. The van der Waals surface area contributed by atoms with E-state index in [1.165, 1.54) is 6.08 Å². The predicted molar refractivity (Wildman–Crippen MR) is 82.1 cm³/mol. The number of rotatable bonds is 3. The summed E-state index contributed by atoms with van der Waals surface area (Å²) in [6.07, 6.45) is 8.32. The van der Waals surface area contributed by atoms with Crippen LogP contribution in [0.5, 0.6) is 0 Å². The Balaban J connectivity index is 2.14. The SMILES string of the molecule is N#CC(=Cc1c[nH]c2ncc(-c3cccnc3)cc12)C(N)=O. The average Bonchev–Trinajstić information content (AvgIpc) is 2.95. The van der Waals surface area contributed by atoms with Crippen molar-refractivity contribution in [3.8, 4) is 17.2 Å². The molecule has 0 aromatic carbocycles. The van der Waals surface area contributed by atoms with Crippen LogP contribution in [0, 0.1) is 11.3 Å². The van der Waals surface area contributed by atoms with Gasteiger partial charge in [0.15, 0.2) is 0 Å². The third-order valence-corrected chi connectivity index (χ3v) is 3.24. The summed E-state index contributed by atoms with van der Waals surface area (Å²) >= 11 is 0. The van der Waals surface area contributed by atoms with E-state index in [1.807, 2.05) is 18.2 Å². The van der Waals surface area contributed by atoms with Gasteiger partial charge in [0.2, 0.25) is 0 Å². The molecule has 6 nitrogen and oxygen atoms in total. The number of H-pyrrole nitrogens is 1. The standard InChI is InChI=1S/C16H11N5O/c17-6-11(15(18)22)4-13-9-21-16-14(13)5-12(8-20-16)10-2-1-3-19-7-10/h1-5,7-9H,(H2,18,22)(H,20,21). The summed E-state index contributed by atoms with van der Waals surface area (Å²) in [5, 5.41) is 9.75. The first-order valence-electron chi connectivity index (χ1n) is 6.48. The number of carbonyl (C=O) groups excluding carboxylic acids is 1. The minimum atomic E-state index is -0.756. The van der Waals surface area contributed by atoms with Crippen molar-refractivity contribution in [3.63, 3.8) is 0 Å². The molecule has 0 aliphatic carbocycles. The minimum absolute atomic E-state index is 0.104. The number of nitriles is 1. The van der Waals surface area contributed by atoms with Crippen LogP contribution in [-0.2, 0) is 4.79 Å². The molecule has 22 heavy (non-hydrogen) atoms. The molecule has 0 aliphatic heterocycles. The highest BCUT2D eigenvalue weighted by molar-refractivity contribution is 6.03. The zero-order valence-electron chi connectivity index (χ0n) is 11.4. The molecule has 0 radical (unpaired) electrons. The van der Waals surface area contributed by atoms with E-state index in [0.717, 1.165) is 16.5 Å². The van der Waals surface area contributed by atoms with Gasteiger partial charge in [0.1, 0.15) is 17.3 Å². The molecule has 3 aromatic rings. The molecule has 0 unspecified atom stereocenters. The topological polar surface area (TPSA) is 108 Å². The quantitative estimate of drug-likeness (QED) is 0.567. The predicted octanol–water partition coefficient (Wildman–Crippen LogP) is 2.02. The van der Waals surface area contributed by atoms with Crippen molar-refractivity contribution < 1.29 is 4.79 Å². The molecule has 0 fully saturated rings. The lowest BCUT2D eigenvalue weighted by molar-refractivity contribution is -0.114. The van der Waals surface area contributed by atoms with Crippen molar-refractivity contribution in [2.24, 2.45) is 5.73 Å². The Morgan fingerprint density at radius 2 is 2.23 bits per heavy atom. The lowest BCUT2D eigenvalue weighted by Crippen LogP contribution is -2.12. The van der Waals surface area contributed by atoms with E-state index in [9.17, 15) is 4.79 Å². The van der Waals surface area contributed by atoms with E-state index in [1.54, 1.807) is 30.9 Å². The zero-order chi connectivity index (χ0) is 15.5. The highest BCUT2D eigenvalue weighted by atomic mass is 16.1. The smallest absolute Gasteiger partial charge is 0.259 e. The van der Waals surface area contributed by atoms with Gasteiger partial charge in [-0.3, -0.25) is 9.78 Å². The molecule has 106 valence electrons. The van der Waals surface area contributed by atoms with Gasteiger partial charge in [0, 0.05) is 46.9 Å². The molecule has 3 aromatic heterocycles. The Labute approximate surface area is 125 Å². The van der Waals surface area contributed by atoms with Crippen molar-refractivity contribution in [2.75, 3.05) is 0 Å². The van der Waals surface area contributed by atoms with Crippen molar-refractivity contribution >= 4 is 23.0 Å². The van der Waals surface area contributed by atoms with Gasteiger partial charge in [-0.1, -0.05) is 6.07 Å². The third-order valence-electron chi connectivity index (χ3n) is 3.24. The summed E-state index contributed by atoms with van der Waals surface area (Å²) in [6, 6.07) is 7.50. The maximum absolute atomic E-state index is 11.2. The number of nitrogens with one attached hydrogen (secondary N) is 1. The van der Waals surface area contributed by atoms with Crippen molar-refractivity contribution in [1.29, 1.82) is 5.26 Å². The summed E-state index contributed by atoms with van der Waals surface area (Å²) in [6.45, 7) is 0. The van der Waals surface area contributed by atoms with Gasteiger partial charge >= 0.3 is 0 Å². The fourth-order valence-electron chi connectivity index (χ4n) is 2.15. The number of amides is 1. The lowest BCUT2D eigenvalue weighted by atomic mass is 10.1. The molecule has 1 amide bonds. The van der Waals surface area contributed by atoms with E-state index in [-0.39, 0.29) is 5.57 Å². The van der Waals surface area contributed by atoms with E-state index in [4.69, 9.17) is 11.0 Å². The van der Waals surface area contributed by atoms with Gasteiger partial charge in [-0.05, 0) is 18.2 Å². The summed E-state index contributed by atoms with van der Waals surface area (Å²) in [5.41, 5.74) is 8.24. The molecule has 0 aliphatic rings. The molecule has 3 rings (SSSR count). The molecule has 0 saturated carbocycles. The van der Waals surface area contributed by atoms with Crippen molar-refractivity contribution in [3.05, 3.63) is 54.1 Å². The van der Waals surface area contributed by atoms with Gasteiger partial charge in [0.05, 0.1) is 0 Å².